The van der Waals surface area contributed by atoms with Gasteiger partial charge in [0.15, 0.2) is 0 Å². The van der Waals surface area contributed by atoms with E-state index in [1.54, 1.807) is 6.07 Å². The van der Waals surface area contributed by atoms with E-state index in [2.05, 4.69) is 9.80 Å². The number of anilines is 1. The molecule has 5 aliphatic carbocycles. The van der Waals surface area contributed by atoms with E-state index in [0.29, 0.717) is 16.6 Å². The number of rotatable bonds is 5. The Morgan fingerprint density at radius 2 is 1.63 bits per heavy atom. The molecule has 186 valence electrons. The minimum atomic E-state index is -1.26. The minimum absolute atomic E-state index is 0.165. The summed E-state index contributed by atoms with van der Waals surface area (Å²) in [6.45, 7) is 4.62. The van der Waals surface area contributed by atoms with E-state index in [9.17, 15) is 14.7 Å². The summed E-state index contributed by atoms with van der Waals surface area (Å²) < 4.78 is 17.2. The maximum atomic E-state index is 15.3. The highest BCUT2D eigenvalue weighted by Gasteiger charge is 2.51. The second kappa shape index (κ2) is 7.79. The zero-order valence-corrected chi connectivity index (χ0v) is 20.2. The van der Waals surface area contributed by atoms with Gasteiger partial charge in [-0.2, -0.15) is 0 Å². The van der Waals surface area contributed by atoms with Gasteiger partial charge in [-0.3, -0.25) is 9.69 Å². The average molecular weight is 480 g/mol. The van der Waals surface area contributed by atoms with Gasteiger partial charge >= 0.3 is 5.97 Å². The first-order chi connectivity index (χ1) is 16.9. The molecule has 0 atom stereocenters. The quantitative estimate of drug-likeness (QED) is 0.684. The number of pyridine rings is 1. The van der Waals surface area contributed by atoms with Crippen molar-refractivity contribution in [3.8, 4) is 0 Å². The Hall–Kier alpha value is -2.41. The summed E-state index contributed by atoms with van der Waals surface area (Å²) in [4.78, 5) is 29.1. The fourth-order valence-corrected chi connectivity index (χ4v) is 8.51. The average Bonchev–Trinajstić information content (AvgIpc) is 3.64. The van der Waals surface area contributed by atoms with Crippen LogP contribution in [0.1, 0.15) is 67.8 Å². The Balaban J connectivity index is 1.12. The topological polar surface area (TPSA) is 65.8 Å². The van der Waals surface area contributed by atoms with E-state index >= 15 is 4.39 Å². The molecule has 0 unspecified atom stereocenters. The summed E-state index contributed by atoms with van der Waals surface area (Å²) in [6, 6.07) is 3.23. The van der Waals surface area contributed by atoms with Gasteiger partial charge in [0, 0.05) is 50.3 Å². The van der Waals surface area contributed by atoms with Crippen molar-refractivity contribution in [1.29, 1.82) is 0 Å². The van der Waals surface area contributed by atoms with Crippen molar-refractivity contribution in [3.05, 3.63) is 39.9 Å². The first kappa shape index (κ1) is 21.8. The van der Waals surface area contributed by atoms with E-state index in [-0.39, 0.29) is 17.0 Å². The molecule has 1 N–H and O–H groups in total. The maximum Gasteiger partial charge on any atom is 0.341 e. The maximum absolute atomic E-state index is 15.3. The van der Waals surface area contributed by atoms with Crippen molar-refractivity contribution in [3.63, 3.8) is 0 Å². The van der Waals surface area contributed by atoms with Gasteiger partial charge in [-0.25, -0.2) is 9.18 Å². The van der Waals surface area contributed by atoms with E-state index in [1.807, 2.05) is 4.57 Å². The van der Waals surface area contributed by atoms with Crippen LogP contribution in [-0.4, -0.2) is 53.3 Å². The van der Waals surface area contributed by atoms with Crippen LogP contribution < -0.4 is 10.3 Å². The number of hydrogen-bond donors (Lipinski definition) is 1. The molecule has 0 spiro atoms. The summed E-state index contributed by atoms with van der Waals surface area (Å²) in [5.74, 6) is 1.18. The van der Waals surface area contributed by atoms with Crippen LogP contribution in [0.15, 0.2) is 23.1 Å². The second-order valence-corrected chi connectivity index (χ2v) is 12.3. The van der Waals surface area contributed by atoms with Crippen LogP contribution >= 0.6 is 0 Å². The molecule has 2 aromatic rings. The molecule has 1 aliphatic heterocycles. The summed E-state index contributed by atoms with van der Waals surface area (Å²) in [6.07, 6.45) is 12.0. The van der Waals surface area contributed by atoms with Gasteiger partial charge in [0.1, 0.15) is 11.4 Å². The zero-order chi connectivity index (χ0) is 23.9. The van der Waals surface area contributed by atoms with Gasteiger partial charge in [0.05, 0.1) is 11.2 Å². The van der Waals surface area contributed by atoms with Crippen LogP contribution in [0.5, 0.6) is 0 Å². The number of aromatic nitrogens is 1. The van der Waals surface area contributed by atoms with Gasteiger partial charge in [-0.05, 0) is 86.7 Å². The third-order valence-electron chi connectivity index (χ3n) is 9.71. The molecule has 5 saturated carbocycles. The van der Waals surface area contributed by atoms with E-state index in [0.717, 1.165) is 56.8 Å². The van der Waals surface area contributed by atoms with Crippen molar-refractivity contribution in [2.75, 3.05) is 37.6 Å². The number of fused-ring (bicyclic) bond motifs is 1. The molecule has 0 amide bonds. The lowest BCUT2D eigenvalue weighted by molar-refractivity contribution is -0.0695. The molecule has 1 aromatic carbocycles. The van der Waals surface area contributed by atoms with Crippen molar-refractivity contribution in [2.24, 2.45) is 23.2 Å². The van der Waals surface area contributed by atoms with Crippen LogP contribution in [0.25, 0.3) is 10.9 Å². The Labute approximate surface area is 204 Å². The van der Waals surface area contributed by atoms with Crippen LogP contribution in [0.2, 0.25) is 0 Å². The fourth-order valence-electron chi connectivity index (χ4n) is 8.51. The third-order valence-corrected chi connectivity index (χ3v) is 9.71. The van der Waals surface area contributed by atoms with Gasteiger partial charge in [-0.15, -0.1) is 0 Å². The molecule has 35 heavy (non-hydrogen) atoms. The Kier molecular flexibility index (Phi) is 4.86. The molecule has 2 heterocycles. The lowest BCUT2D eigenvalue weighted by atomic mass is 9.49. The standard InChI is InChI=1S/C28H34FN3O3/c29-23-10-21-24(32(20-1-2-20)15-22(26(21)33)27(34)35)11-25(23)31-5-3-30(4-6-31)16-28-12-17-7-18(13-28)9-19(8-17)14-28/h10-11,15,17-20H,1-9,12-14,16H2,(H,34,35). The second-order valence-electron chi connectivity index (χ2n) is 12.3. The number of carbonyl (C=O) groups is 1. The SMILES string of the molecule is O=C(O)c1cn(C2CC2)c2cc(N3CCN(CC45CC6CC(CC(C6)C4)C5)CC3)c(F)cc2c1=O. The highest BCUT2D eigenvalue weighted by atomic mass is 19.1. The number of carboxylic acid groups (broad SMARTS) is 1. The largest absolute Gasteiger partial charge is 0.477 e. The zero-order valence-electron chi connectivity index (χ0n) is 20.2. The fraction of sp³-hybridized carbons (Fsp3) is 0.643. The van der Waals surface area contributed by atoms with Gasteiger partial charge < -0.3 is 14.6 Å². The molecule has 8 rings (SSSR count). The van der Waals surface area contributed by atoms with Crippen LogP contribution in [-0.2, 0) is 0 Å². The van der Waals surface area contributed by atoms with Crippen LogP contribution in [0.3, 0.4) is 0 Å². The van der Waals surface area contributed by atoms with Crippen LogP contribution in [0, 0.1) is 29.0 Å². The monoisotopic (exact) mass is 479 g/mol. The summed E-state index contributed by atoms with van der Waals surface area (Å²) >= 11 is 0. The predicted molar refractivity (Wildman–Crippen MR) is 133 cm³/mol. The molecule has 6 aliphatic rings. The van der Waals surface area contributed by atoms with Gasteiger partial charge in [0.2, 0.25) is 5.43 Å². The summed E-state index contributed by atoms with van der Waals surface area (Å²) in [7, 11) is 0. The number of benzene rings is 1. The van der Waals surface area contributed by atoms with Crippen LogP contribution in [0.4, 0.5) is 10.1 Å². The third kappa shape index (κ3) is 3.69. The molecule has 1 saturated heterocycles. The first-order valence-electron chi connectivity index (χ1n) is 13.5. The highest BCUT2D eigenvalue weighted by molar-refractivity contribution is 5.93. The Bertz CT molecular complexity index is 1220. The Morgan fingerprint density at radius 1 is 1.00 bits per heavy atom. The van der Waals surface area contributed by atoms with Crippen molar-refractivity contribution < 1.29 is 14.3 Å². The molecule has 6 fully saturated rings. The molecule has 7 heteroatoms. The normalized spacial score (nSPS) is 32.5. The smallest absolute Gasteiger partial charge is 0.341 e. The van der Waals surface area contributed by atoms with E-state index < -0.39 is 17.2 Å². The number of nitrogens with zero attached hydrogens (tertiary/aromatic N) is 3. The molecule has 4 bridgehead atoms. The Morgan fingerprint density at radius 3 is 2.20 bits per heavy atom. The molecular formula is C28H34FN3O3. The molecule has 6 nitrogen and oxygen atoms in total. The van der Waals surface area contributed by atoms with Crippen molar-refractivity contribution in [1.82, 2.24) is 9.47 Å². The predicted octanol–water partition coefficient (Wildman–Crippen LogP) is 4.51. The van der Waals surface area contributed by atoms with Crippen molar-refractivity contribution >= 4 is 22.6 Å². The summed E-state index contributed by atoms with van der Waals surface area (Å²) in [5.41, 5.74) is 0.816. The highest BCUT2D eigenvalue weighted by Crippen LogP contribution is 2.60. The number of halogens is 1. The molecule has 0 radical (unpaired) electrons. The van der Waals surface area contributed by atoms with Gasteiger partial charge in [-0.1, -0.05) is 0 Å². The minimum Gasteiger partial charge on any atom is -0.477 e. The first-order valence-corrected chi connectivity index (χ1v) is 13.5. The van der Waals surface area contributed by atoms with E-state index in [4.69, 9.17) is 0 Å². The van der Waals surface area contributed by atoms with Gasteiger partial charge in [0.25, 0.3) is 0 Å². The lowest BCUT2D eigenvalue weighted by Gasteiger charge is -2.58. The number of piperazine rings is 1. The lowest BCUT2D eigenvalue weighted by Crippen LogP contribution is -2.55. The molecular weight excluding hydrogens is 445 g/mol. The number of aromatic carboxylic acids is 1. The number of carboxylic acids is 1. The number of hydrogen-bond acceptors (Lipinski definition) is 4. The summed E-state index contributed by atoms with van der Waals surface area (Å²) in [5, 5.41) is 9.64. The molecule has 1 aromatic heterocycles. The van der Waals surface area contributed by atoms with E-state index in [1.165, 1.54) is 57.3 Å². The van der Waals surface area contributed by atoms with Crippen molar-refractivity contribution in [2.45, 2.75) is 57.4 Å².